The number of carbonyl (C=O) groups excluding carboxylic acids is 1. The average Bonchev–Trinajstić information content (AvgIpc) is 2.49. The van der Waals surface area contributed by atoms with Gasteiger partial charge in [-0.2, -0.15) is 0 Å². The normalized spacial score (nSPS) is 11.7. The third-order valence-electron chi connectivity index (χ3n) is 3.26. The van der Waals surface area contributed by atoms with E-state index in [0.29, 0.717) is 19.4 Å². The summed E-state index contributed by atoms with van der Waals surface area (Å²) in [6, 6.07) is 5.41. The molecule has 0 spiro atoms. The van der Waals surface area contributed by atoms with Crippen LogP contribution in [0.25, 0.3) is 0 Å². The average molecular weight is 293 g/mol. The summed E-state index contributed by atoms with van der Waals surface area (Å²) in [5.41, 5.74) is 0.923. The molecule has 116 valence electrons. The van der Waals surface area contributed by atoms with E-state index in [1.54, 1.807) is 18.1 Å². The van der Waals surface area contributed by atoms with Crippen molar-refractivity contribution in [3.8, 4) is 0 Å². The zero-order valence-corrected chi connectivity index (χ0v) is 12.6. The number of carbonyl (C=O) groups is 2. The largest absolute Gasteiger partial charge is 0.481 e. The van der Waals surface area contributed by atoms with Crippen molar-refractivity contribution < 1.29 is 14.7 Å². The van der Waals surface area contributed by atoms with Crippen molar-refractivity contribution in [1.82, 2.24) is 15.2 Å². The second-order valence-corrected chi connectivity index (χ2v) is 5.00. The Morgan fingerprint density at radius 1 is 1.43 bits per heavy atom. The fraction of sp³-hybridized carbons (Fsp3) is 0.533. The summed E-state index contributed by atoms with van der Waals surface area (Å²) in [4.78, 5) is 28.6. The van der Waals surface area contributed by atoms with Gasteiger partial charge in [0.2, 0.25) is 0 Å². The Balaban J connectivity index is 2.35. The van der Waals surface area contributed by atoms with E-state index in [4.69, 9.17) is 5.11 Å². The summed E-state index contributed by atoms with van der Waals surface area (Å²) in [6.45, 7) is 2.63. The molecule has 0 aliphatic rings. The summed E-state index contributed by atoms with van der Waals surface area (Å²) < 4.78 is 0. The quantitative estimate of drug-likeness (QED) is 0.765. The van der Waals surface area contributed by atoms with Crippen molar-refractivity contribution in [2.75, 3.05) is 20.1 Å². The Bertz CT molecular complexity index is 451. The topological polar surface area (TPSA) is 82.5 Å². The van der Waals surface area contributed by atoms with Gasteiger partial charge in [-0.1, -0.05) is 19.4 Å². The van der Waals surface area contributed by atoms with Gasteiger partial charge in [0, 0.05) is 38.4 Å². The Morgan fingerprint density at radius 3 is 2.76 bits per heavy atom. The summed E-state index contributed by atoms with van der Waals surface area (Å²) in [5.74, 6) is -1.39. The Kier molecular flexibility index (Phi) is 7.21. The number of aliphatic carboxylic acids is 1. The molecule has 21 heavy (non-hydrogen) atoms. The lowest BCUT2D eigenvalue weighted by atomic mass is 10.0. The maximum atomic E-state index is 11.9. The van der Waals surface area contributed by atoms with E-state index in [1.807, 2.05) is 25.1 Å². The number of nitrogens with zero attached hydrogens (tertiary/aromatic N) is 2. The highest BCUT2D eigenvalue weighted by Crippen LogP contribution is 2.05. The summed E-state index contributed by atoms with van der Waals surface area (Å²) >= 11 is 0. The van der Waals surface area contributed by atoms with E-state index in [2.05, 4.69) is 10.3 Å². The number of carboxylic acids is 1. The van der Waals surface area contributed by atoms with Gasteiger partial charge in [0.25, 0.3) is 0 Å². The number of likely N-dealkylation sites (N-methyl/N-ethyl adjacent to an activating group) is 1. The van der Waals surface area contributed by atoms with E-state index in [9.17, 15) is 9.59 Å². The van der Waals surface area contributed by atoms with E-state index < -0.39 is 11.9 Å². The number of carboxylic acid groups (broad SMARTS) is 1. The van der Waals surface area contributed by atoms with Crippen LogP contribution in [-0.2, 0) is 11.2 Å². The molecule has 0 aliphatic heterocycles. The summed E-state index contributed by atoms with van der Waals surface area (Å²) in [7, 11) is 1.69. The zero-order chi connectivity index (χ0) is 15.7. The predicted molar refractivity (Wildman–Crippen MR) is 80.0 cm³/mol. The minimum Gasteiger partial charge on any atom is -0.481 e. The maximum Gasteiger partial charge on any atom is 0.317 e. The predicted octanol–water partition coefficient (Wildman–Crippen LogP) is 1.77. The van der Waals surface area contributed by atoms with E-state index in [1.165, 1.54) is 0 Å². The van der Waals surface area contributed by atoms with Crippen LogP contribution in [0.15, 0.2) is 24.4 Å². The van der Waals surface area contributed by atoms with Crippen molar-refractivity contribution in [3.63, 3.8) is 0 Å². The van der Waals surface area contributed by atoms with Gasteiger partial charge in [0.05, 0.1) is 5.92 Å². The van der Waals surface area contributed by atoms with Gasteiger partial charge in [-0.25, -0.2) is 4.79 Å². The van der Waals surface area contributed by atoms with Crippen LogP contribution in [0, 0.1) is 5.92 Å². The second kappa shape index (κ2) is 8.94. The molecule has 0 aliphatic carbocycles. The highest BCUT2D eigenvalue weighted by molar-refractivity contribution is 5.75. The molecule has 1 aromatic rings. The molecule has 1 heterocycles. The fourth-order valence-electron chi connectivity index (χ4n) is 1.94. The van der Waals surface area contributed by atoms with Gasteiger partial charge in [0.1, 0.15) is 0 Å². The molecule has 0 aromatic carbocycles. The molecule has 0 saturated carbocycles. The van der Waals surface area contributed by atoms with Gasteiger partial charge >= 0.3 is 12.0 Å². The van der Waals surface area contributed by atoms with Crippen molar-refractivity contribution >= 4 is 12.0 Å². The van der Waals surface area contributed by atoms with Crippen LogP contribution in [0.1, 0.15) is 25.5 Å². The lowest BCUT2D eigenvalue weighted by Crippen LogP contribution is -2.41. The maximum absolute atomic E-state index is 11.9. The summed E-state index contributed by atoms with van der Waals surface area (Å²) in [5, 5.41) is 11.7. The molecule has 0 bridgehead atoms. The Hall–Kier alpha value is -2.11. The first-order chi connectivity index (χ1) is 10.0. The van der Waals surface area contributed by atoms with Crippen LogP contribution >= 0.6 is 0 Å². The van der Waals surface area contributed by atoms with Gasteiger partial charge in [-0.05, 0) is 18.6 Å². The molecule has 1 atom stereocenters. The van der Waals surface area contributed by atoms with Crippen LogP contribution in [-0.4, -0.2) is 47.1 Å². The number of pyridine rings is 1. The van der Waals surface area contributed by atoms with Crippen molar-refractivity contribution in [3.05, 3.63) is 30.1 Å². The Labute approximate surface area is 125 Å². The molecule has 0 radical (unpaired) electrons. The first-order valence-electron chi connectivity index (χ1n) is 7.16. The lowest BCUT2D eigenvalue weighted by molar-refractivity contribution is -0.141. The SMILES string of the molecule is CCCC(CNC(=O)N(C)CCc1ccccn1)C(=O)O. The van der Waals surface area contributed by atoms with Crippen molar-refractivity contribution in [2.24, 2.45) is 5.92 Å². The number of nitrogens with one attached hydrogen (secondary N) is 1. The molecule has 6 heteroatoms. The molecular weight excluding hydrogens is 270 g/mol. The minimum absolute atomic E-state index is 0.163. The molecule has 1 unspecified atom stereocenters. The Morgan fingerprint density at radius 2 is 2.19 bits per heavy atom. The third-order valence-corrected chi connectivity index (χ3v) is 3.26. The van der Waals surface area contributed by atoms with Gasteiger partial charge in [-0.15, -0.1) is 0 Å². The molecule has 6 nitrogen and oxygen atoms in total. The molecule has 1 rings (SSSR count). The van der Waals surface area contributed by atoms with Crippen molar-refractivity contribution in [1.29, 1.82) is 0 Å². The molecule has 0 saturated heterocycles. The molecule has 1 aromatic heterocycles. The number of rotatable bonds is 8. The number of hydrogen-bond acceptors (Lipinski definition) is 3. The monoisotopic (exact) mass is 293 g/mol. The minimum atomic E-state index is -0.867. The van der Waals surface area contributed by atoms with Crippen LogP contribution in [0.3, 0.4) is 0 Å². The molecule has 0 fully saturated rings. The second-order valence-electron chi connectivity index (χ2n) is 5.00. The number of amides is 2. The first-order valence-corrected chi connectivity index (χ1v) is 7.16. The van der Waals surface area contributed by atoms with Crippen LogP contribution < -0.4 is 5.32 Å². The smallest absolute Gasteiger partial charge is 0.317 e. The van der Waals surface area contributed by atoms with Crippen LogP contribution in [0.5, 0.6) is 0 Å². The highest BCUT2D eigenvalue weighted by atomic mass is 16.4. The third kappa shape index (κ3) is 6.25. The summed E-state index contributed by atoms with van der Waals surface area (Å²) in [6.07, 6.45) is 3.73. The number of hydrogen-bond donors (Lipinski definition) is 2. The van der Waals surface area contributed by atoms with E-state index in [-0.39, 0.29) is 12.6 Å². The van der Waals surface area contributed by atoms with Crippen molar-refractivity contribution in [2.45, 2.75) is 26.2 Å². The number of urea groups is 1. The van der Waals surface area contributed by atoms with Crippen LogP contribution in [0.2, 0.25) is 0 Å². The molecule has 2 N–H and O–H groups in total. The first kappa shape index (κ1) is 16.9. The standard InChI is InChI=1S/C15H23N3O3/c1-3-6-12(14(19)20)11-17-15(21)18(2)10-8-13-7-4-5-9-16-13/h4-5,7,9,12H,3,6,8,10-11H2,1-2H3,(H,17,21)(H,19,20). The molecule has 2 amide bonds. The van der Waals surface area contributed by atoms with Crippen LogP contribution in [0.4, 0.5) is 4.79 Å². The van der Waals surface area contributed by atoms with Gasteiger partial charge < -0.3 is 15.3 Å². The fourth-order valence-corrected chi connectivity index (χ4v) is 1.94. The zero-order valence-electron chi connectivity index (χ0n) is 12.6. The van der Waals surface area contributed by atoms with E-state index in [0.717, 1.165) is 12.1 Å². The number of aromatic nitrogens is 1. The van der Waals surface area contributed by atoms with E-state index >= 15 is 0 Å². The van der Waals surface area contributed by atoms with Gasteiger partial charge in [0.15, 0.2) is 0 Å². The lowest BCUT2D eigenvalue weighted by Gasteiger charge is -2.19. The molecular formula is C15H23N3O3. The highest BCUT2D eigenvalue weighted by Gasteiger charge is 2.18. The van der Waals surface area contributed by atoms with Gasteiger partial charge in [-0.3, -0.25) is 9.78 Å².